The first-order valence-electron chi connectivity index (χ1n) is 8.42. The second-order valence-corrected chi connectivity index (χ2v) is 7.36. The Kier molecular flexibility index (Phi) is 4.50. The molecule has 0 spiro atoms. The average molecular weight is 374 g/mol. The van der Waals surface area contributed by atoms with Gasteiger partial charge in [-0.3, -0.25) is 13.9 Å². The molecule has 0 amide bonds. The monoisotopic (exact) mass is 374 g/mol. The van der Waals surface area contributed by atoms with Crippen LogP contribution in [-0.2, 0) is 20.1 Å². The molecule has 3 rings (SSSR count). The molecule has 0 unspecified atom stereocenters. The molecule has 1 N–H and O–H groups in total. The normalized spacial score (nSPS) is 24.3. The van der Waals surface area contributed by atoms with Gasteiger partial charge in [0.05, 0.1) is 11.9 Å². The van der Waals surface area contributed by atoms with E-state index in [0.29, 0.717) is 25.7 Å². The number of aryl methyl sites for hydroxylation is 1. The third-order valence-corrected chi connectivity index (χ3v) is 5.07. The van der Waals surface area contributed by atoms with Crippen LogP contribution < -0.4 is 11.2 Å². The summed E-state index contributed by atoms with van der Waals surface area (Å²) in [6.07, 6.45) is -1.18. The van der Waals surface area contributed by atoms with Gasteiger partial charge in [0.1, 0.15) is 6.54 Å². The first kappa shape index (κ1) is 18.7. The molecule has 2 aromatic heterocycles. The summed E-state index contributed by atoms with van der Waals surface area (Å²) in [5.41, 5.74) is -2.40. The first-order valence-corrected chi connectivity index (χ1v) is 8.42. The number of alkyl halides is 3. The van der Waals surface area contributed by atoms with Crippen LogP contribution in [0.2, 0.25) is 0 Å². The van der Waals surface area contributed by atoms with Gasteiger partial charge in [0.2, 0.25) is 0 Å². The van der Waals surface area contributed by atoms with Crippen molar-refractivity contribution in [1.82, 2.24) is 18.7 Å². The van der Waals surface area contributed by atoms with Crippen molar-refractivity contribution in [3.63, 3.8) is 0 Å². The number of imidazole rings is 1. The van der Waals surface area contributed by atoms with Crippen LogP contribution in [0.4, 0.5) is 13.2 Å². The van der Waals surface area contributed by atoms with Crippen LogP contribution >= 0.6 is 0 Å². The molecule has 1 aliphatic rings. The Morgan fingerprint density at radius 3 is 2.50 bits per heavy atom. The van der Waals surface area contributed by atoms with E-state index in [1.165, 1.54) is 7.05 Å². The van der Waals surface area contributed by atoms with Crippen molar-refractivity contribution in [1.29, 1.82) is 0 Å². The van der Waals surface area contributed by atoms with Gasteiger partial charge < -0.3 is 9.67 Å². The van der Waals surface area contributed by atoms with Crippen LogP contribution in [0.5, 0.6) is 0 Å². The van der Waals surface area contributed by atoms with Crippen LogP contribution in [0.25, 0.3) is 11.2 Å². The molecule has 1 saturated carbocycles. The predicted octanol–water partition coefficient (Wildman–Crippen LogP) is 1.40. The highest BCUT2D eigenvalue weighted by Gasteiger charge is 2.31. The number of halogens is 3. The van der Waals surface area contributed by atoms with Crippen LogP contribution in [-0.4, -0.2) is 35.6 Å². The van der Waals surface area contributed by atoms with Crippen molar-refractivity contribution in [2.45, 2.75) is 57.5 Å². The number of aliphatic hydroxyl groups is 1. The minimum Gasteiger partial charge on any atom is -0.390 e. The molecular weight excluding hydrogens is 353 g/mol. The van der Waals surface area contributed by atoms with Crippen molar-refractivity contribution >= 4 is 11.2 Å². The van der Waals surface area contributed by atoms with Crippen LogP contribution in [0.1, 0.15) is 32.6 Å². The Bertz CT molecular complexity index is 929. The van der Waals surface area contributed by atoms with Crippen molar-refractivity contribution in [2.75, 3.05) is 0 Å². The lowest BCUT2D eigenvalue weighted by Gasteiger charge is -2.33. The Morgan fingerprint density at radius 2 is 1.92 bits per heavy atom. The summed E-state index contributed by atoms with van der Waals surface area (Å²) in [5.74, 6) is 0.0112. The Hall–Kier alpha value is -2.10. The zero-order chi connectivity index (χ0) is 19.3. The number of nitrogens with zero attached hydrogens (tertiary/aromatic N) is 4. The van der Waals surface area contributed by atoms with Crippen molar-refractivity contribution < 1.29 is 18.3 Å². The lowest BCUT2D eigenvalue weighted by molar-refractivity contribution is -0.140. The van der Waals surface area contributed by atoms with E-state index in [9.17, 15) is 27.9 Å². The number of rotatable bonds is 3. The van der Waals surface area contributed by atoms with E-state index < -0.39 is 29.6 Å². The molecule has 0 aliphatic heterocycles. The molecule has 0 atom stereocenters. The van der Waals surface area contributed by atoms with E-state index in [1.54, 1.807) is 6.92 Å². The number of fused-ring (bicyclic) bond motifs is 1. The Balaban J connectivity index is 2.02. The highest BCUT2D eigenvalue weighted by atomic mass is 19.4. The largest absolute Gasteiger partial charge is 0.406 e. The van der Waals surface area contributed by atoms with Crippen molar-refractivity contribution in [3.8, 4) is 0 Å². The summed E-state index contributed by atoms with van der Waals surface area (Å²) in [7, 11) is 1.39. The Morgan fingerprint density at radius 1 is 1.31 bits per heavy atom. The van der Waals surface area contributed by atoms with E-state index >= 15 is 0 Å². The Labute approximate surface area is 146 Å². The maximum Gasteiger partial charge on any atom is 0.406 e. The van der Waals surface area contributed by atoms with E-state index in [4.69, 9.17) is 0 Å². The fourth-order valence-electron chi connectivity index (χ4n) is 3.54. The highest BCUT2D eigenvalue weighted by Crippen LogP contribution is 2.32. The van der Waals surface area contributed by atoms with E-state index in [-0.39, 0.29) is 23.6 Å². The van der Waals surface area contributed by atoms with Gasteiger partial charge in [-0.05, 0) is 38.5 Å². The molecular formula is C16H21F3N4O3. The average Bonchev–Trinajstić information content (AvgIpc) is 2.93. The first-order chi connectivity index (χ1) is 12.0. The fourth-order valence-corrected chi connectivity index (χ4v) is 3.54. The standard InChI is InChI=1S/C16H21F3N4O3/c1-15(26)5-3-10(4-6-15)7-23-13(24)11-12(21(2)14(23)25)20-9-22(11)8-16(17,18)19/h9-10,26H,3-8H2,1-2H3/t10-,15-. The van der Waals surface area contributed by atoms with Crippen LogP contribution in [0, 0.1) is 5.92 Å². The van der Waals surface area contributed by atoms with Gasteiger partial charge in [-0.25, -0.2) is 9.78 Å². The minimum absolute atomic E-state index is 0.0112. The predicted molar refractivity (Wildman–Crippen MR) is 87.9 cm³/mol. The molecule has 2 heterocycles. The molecule has 26 heavy (non-hydrogen) atoms. The SMILES string of the molecule is Cn1c(=O)n(C[C@H]2CC[C@](C)(O)CC2)c(=O)c2c1ncn2CC(F)(F)F. The fraction of sp³-hybridized carbons (Fsp3) is 0.688. The maximum atomic E-state index is 12.8. The van der Waals surface area contributed by atoms with Gasteiger partial charge in [0, 0.05) is 13.6 Å². The molecule has 0 aromatic carbocycles. The molecule has 0 radical (unpaired) electrons. The van der Waals surface area contributed by atoms with E-state index in [1.807, 2.05) is 0 Å². The van der Waals surface area contributed by atoms with E-state index in [0.717, 1.165) is 20.0 Å². The highest BCUT2D eigenvalue weighted by molar-refractivity contribution is 5.69. The van der Waals surface area contributed by atoms with Gasteiger partial charge in [-0.15, -0.1) is 0 Å². The summed E-state index contributed by atoms with van der Waals surface area (Å²) in [5, 5.41) is 10.0. The summed E-state index contributed by atoms with van der Waals surface area (Å²) >= 11 is 0. The molecule has 7 nitrogen and oxygen atoms in total. The topological polar surface area (TPSA) is 82.0 Å². The second-order valence-electron chi connectivity index (χ2n) is 7.36. The second kappa shape index (κ2) is 6.26. The molecule has 10 heteroatoms. The molecule has 144 valence electrons. The van der Waals surface area contributed by atoms with Gasteiger partial charge >= 0.3 is 11.9 Å². The smallest absolute Gasteiger partial charge is 0.390 e. The molecule has 1 aliphatic carbocycles. The third kappa shape index (κ3) is 3.55. The molecule has 1 fully saturated rings. The summed E-state index contributed by atoms with van der Waals surface area (Å²) < 4.78 is 41.1. The van der Waals surface area contributed by atoms with Gasteiger partial charge in [-0.2, -0.15) is 13.2 Å². The number of hydrogen-bond donors (Lipinski definition) is 1. The summed E-state index contributed by atoms with van der Waals surface area (Å²) in [6, 6.07) is 0. The summed E-state index contributed by atoms with van der Waals surface area (Å²) in [4.78, 5) is 29.1. The maximum absolute atomic E-state index is 12.8. The van der Waals surface area contributed by atoms with Crippen LogP contribution in [0.3, 0.4) is 0 Å². The van der Waals surface area contributed by atoms with Gasteiger partial charge in [0.15, 0.2) is 11.2 Å². The lowest BCUT2D eigenvalue weighted by Crippen LogP contribution is -2.42. The quantitative estimate of drug-likeness (QED) is 0.881. The number of hydrogen-bond acceptors (Lipinski definition) is 4. The molecule has 0 bridgehead atoms. The molecule has 2 aromatic rings. The number of aromatic nitrogens is 4. The zero-order valence-electron chi connectivity index (χ0n) is 14.6. The molecule has 0 saturated heterocycles. The summed E-state index contributed by atoms with van der Waals surface area (Å²) in [6.45, 7) is 0.522. The van der Waals surface area contributed by atoms with Crippen molar-refractivity contribution in [2.24, 2.45) is 13.0 Å². The van der Waals surface area contributed by atoms with E-state index in [2.05, 4.69) is 4.98 Å². The minimum atomic E-state index is -4.51. The van der Waals surface area contributed by atoms with Crippen molar-refractivity contribution in [3.05, 3.63) is 27.2 Å². The lowest BCUT2D eigenvalue weighted by atomic mass is 9.80. The third-order valence-electron chi connectivity index (χ3n) is 5.07. The van der Waals surface area contributed by atoms with Gasteiger partial charge in [-0.1, -0.05) is 0 Å². The zero-order valence-corrected chi connectivity index (χ0v) is 14.6. The van der Waals surface area contributed by atoms with Crippen LogP contribution in [0.15, 0.2) is 15.9 Å². The van der Waals surface area contributed by atoms with Gasteiger partial charge in [0.25, 0.3) is 5.56 Å².